The van der Waals surface area contributed by atoms with Gasteiger partial charge in [0.25, 0.3) is 5.91 Å². The number of carbonyl (C=O) groups is 1. The van der Waals surface area contributed by atoms with E-state index < -0.39 is 5.82 Å². The van der Waals surface area contributed by atoms with Gasteiger partial charge in [0.1, 0.15) is 11.5 Å². The van der Waals surface area contributed by atoms with Gasteiger partial charge in [-0.25, -0.2) is 9.37 Å². The summed E-state index contributed by atoms with van der Waals surface area (Å²) in [5.41, 5.74) is 5.80. The number of carbonyl (C=O) groups excluding carboxylic acids is 1. The van der Waals surface area contributed by atoms with Gasteiger partial charge < -0.3 is 10.0 Å². The van der Waals surface area contributed by atoms with Gasteiger partial charge in [-0.15, -0.1) is 0 Å². The van der Waals surface area contributed by atoms with Crippen LogP contribution in [0.1, 0.15) is 46.4 Å². The number of pyridine rings is 1. The minimum atomic E-state index is -0.455. The third-order valence-corrected chi connectivity index (χ3v) is 5.88. The van der Waals surface area contributed by atoms with Gasteiger partial charge in [0, 0.05) is 19.0 Å². The summed E-state index contributed by atoms with van der Waals surface area (Å²) in [6.07, 6.45) is 2.84. The molecule has 0 spiro atoms. The van der Waals surface area contributed by atoms with E-state index in [0.717, 1.165) is 35.7 Å². The van der Waals surface area contributed by atoms with Crippen LogP contribution in [-0.2, 0) is 13.0 Å². The highest BCUT2D eigenvalue weighted by Gasteiger charge is 2.29. The number of aliphatic hydroxyl groups is 1. The fourth-order valence-corrected chi connectivity index (χ4v) is 4.28. The summed E-state index contributed by atoms with van der Waals surface area (Å²) in [5.74, 6) is -0.480. The lowest BCUT2D eigenvalue weighted by Crippen LogP contribution is -2.29. The van der Waals surface area contributed by atoms with Gasteiger partial charge in [-0.1, -0.05) is 43.3 Å². The monoisotopic (exact) mass is 404 g/mol. The number of likely N-dealkylation sites (tertiary alicyclic amines) is 1. The fourth-order valence-electron chi connectivity index (χ4n) is 4.28. The molecule has 1 aliphatic heterocycles. The predicted molar refractivity (Wildman–Crippen MR) is 115 cm³/mol. The van der Waals surface area contributed by atoms with Crippen LogP contribution in [0.2, 0.25) is 0 Å². The molecule has 1 amide bonds. The summed E-state index contributed by atoms with van der Waals surface area (Å²) in [4.78, 5) is 18.4. The number of halogens is 1. The van der Waals surface area contributed by atoms with Crippen LogP contribution in [0.15, 0.2) is 60.8 Å². The number of aromatic nitrogens is 1. The Labute approximate surface area is 176 Å². The first-order chi connectivity index (χ1) is 14.6. The number of aryl methyl sites for hydroxylation is 1. The highest BCUT2D eigenvalue weighted by Crippen LogP contribution is 2.34. The first kappa shape index (κ1) is 20.2. The number of aliphatic hydroxyl groups excluding tert-OH is 1. The molecule has 3 aromatic rings. The summed E-state index contributed by atoms with van der Waals surface area (Å²) in [7, 11) is 0. The Hall–Kier alpha value is -3.05. The molecule has 2 heterocycles. The standard InChI is InChI=1S/C25H25FN2O2/c1-2-17-5-3-4-6-22(17)18-7-9-23(20(13-18)16-29)19-11-12-28(15-19)25(30)24-10-8-21(26)14-27-24/h3-10,13-14,19,29H,2,11-12,15-16H2,1H3/t19-/m1/s1. The van der Waals surface area contributed by atoms with Gasteiger partial charge in [-0.3, -0.25) is 4.79 Å². The van der Waals surface area contributed by atoms with Crippen molar-refractivity contribution in [3.63, 3.8) is 0 Å². The summed E-state index contributed by atoms with van der Waals surface area (Å²) in [6, 6.07) is 17.3. The molecule has 0 aliphatic carbocycles. The molecular weight excluding hydrogens is 379 g/mol. The van der Waals surface area contributed by atoms with Gasteiger partial charge in [-0.2, -0.15) is 0 Å². The summed E-state index contributed by atoms with van der Waals surface area (Å²) in [6.45, 7) is 3.28. The van der Waals surface area contributed by atoms with Gasteiger partial charge in [0.15, 0.2) is 0 Å². The molecule has 1 N–H and O–H groups in total. The Bertz CT molecular complexity index is 1050. The lowest BCUT2D eigenvalue weighted by atomic mass is 9.89. The molecule has 0 unspecified atom stereocenters. The molecule has 0 bridgehead atoms. The molecule has 1 atom stereocenters. The van der Waals surface area contributed by atoms with E-state index >= 15 is 0 Å². The van der Waals surface area contributed by atoms with Gasteiger partial charge >= 0.3 is 0 Å². The van der Waals surface area contributed by atoms with Crippen LogP contribution in [0.3, 0.4) is 0 Å². The molecule has 1 aliphatic rings. The number of hydrogen-bond acceptors (Lipinski definition) is 3. The Morgan fingerprint density at radius 3 is 2.73 bits per heavy atom. The lowest BCUT2D eigenvalue weighted by Gasteiger charge is -2.19. The third-order valence-electron chi connectivity index (χ3n) is 5.88. The van der Waals surface area contributed by atoms with Crippen molar-refractivity contribution in [1.29, 1.82) is 0 Å². The second-order valence-electron chi connectivity index (χ2n) is 7.68. The second kappa shape index (κ2) is 8.76. The minimum Gasteiger partial charge on any atom is -0.392 e. The van der Waals surface area contributed by atoms with Crippen LogP contribution in [0.5, 0.6) is 0 Å². The zero-order chi connectivity index (χ0) is 21.1. The Morgan fingerprint density at radius 2 is 2.00 bits per heavy atom. The number of benzene rings is 2. The number of rotatable bonds is 5. The normalized spacial score (nSPS) is 16.1. The van der Waals surface area contributed by atoms with Crippen molar-refractivity contribution in [2.75, 3.05) is 13.1 Å². The highest BCUT2D eigenvalue weighted by atomic mass is 19.1. The van der Waals surface area contributed by atoms with Crippen molar-refractivity contribution in [2.24, 2.45) is 0 Å². The molecule has 5 heteroatoms. The zero-order valence-electron chi connectivity index (χ0n) is 17.0. The van der Waals surface area contributed by atoms with Crippen molar-refractivity contribution < 1.29 is 14.3 Å². The number of amides is 1. The number of nitrogens with zero attached hydrogens (tertiary/aromatic N) is 2. The molecule has 1 fully saturated rings. The van der Waals surface area contributed by atoms with E-state index in [1.54, 1.807) is 4.90 Å². The molecule has 4 rings (SSSR count). The topological polar surface area (TPSA) is 53.4 Å². The van der Waals surface area contributed by atoms with Crippen molar-refractivity contribution in [2.45, 2.75) is 32.3 Å². The van der Waals surface area contributed by atoms with E-state index in [9.17, 15) is 14.3 Å². The maximum absolute atomic E-state index is 13.1. The Morgan fingerprint density at radius 1 is 1.17 bits per heavy atom. The lowest BCUT2D eigenvalue weighted by molar-refractivity contribution is 0.0785. The molecule has 0 saturated carbocycles. The summed E-state index contributed by atoms with van der Waals surface area (Å²) in [5, 5.41) is 10.0. The fraction of sp³-hybridized carbons (Fsp3) is 0.280. The third kappa shape index (κ3) is 3.98. The van der Waals surface area contributed by atoms with Crippen LogP contribution in [0, 0.1) is 5.82 Å². The molecule has 154 valence electrons. The first-order valence-corrected chi connectivity index (χ1v) is 10.3. The van der Waals surface area contributed by atoms with Crippen LogP contribution < -0.4 is 0 Å². The second-order valence-corrected chi connectivity index (χ2v) is 7.68. The molecule has 4 nitrogen and oxygen atoms in total. The van der Waals surface area contributed by atoms with E-state index in [0.29, 0.717) is 13.1 Å². The average molecular weight is 404 g/mol. The Kier molecular flexibility index (Phi) is 5.91. The van der Waals surface area contributed by atoms with E-state index in [1.165, 1.54) is 23.3 Å². The van der Waals surface area contributed by atoms with Crippen LogP contribution in [-0.4, -0.2) is 34.0 Å². The van der Waals surface area contributed by atoms with Crippen molar-refractivity contribution in [3.05, 3.63) is 89.0 Å². The molecule has 1 aromatic heterocycles. The van der Waals surface area contributed by atoms with Crippen molar-refractivity contribution >= 4 is 5.91 Å². The average Bonchev–Trinajstić information content (AvgIpc) is 3.28. The molecule has 1 saturated heterocycles. The number of hydrogen-bond donors (Lipinski definition) is 1. The maximum atomic E-state index is 13.1. The highest BCUT2D eigenvalue weighted by molar-refractivity contribution is 5.92. The summed E-state index contributed by atoms with van der Waals surface area (Å²) < 4.78 is 13.1. The largest absolute Gasteiger partial charge is 0.392 e. The maximum Gasteiger partial charge on any atom is 0.272 e. The molecule has 30 heavy (non-hydrogen) atoms. The van der Waals surface area contributed by atoms with Gasteiger partial charge in [-0.05, 0) is 58.9 Å². The van der Waals surface area contributed by atoms with E-state index in [-0.39, 0.29) is 24.1 Å². The smallest absolute Gasteiger partial charge is 0.272 e. The van der Waals surface area contributed by atoms with Crippen LogP contribution in [0.4, 0.5) is 4.39 Å². The van der Waals surface area contributed by atoms with Gasteiger partial charge in [0.05, 0.1) is 12.8 Å². The minimum absolute atomic E-state index is 0.0402. The Balaban J connectivity index is 1.56. The van der Waals surface area contributed by atoms with Crippen LogP contribution >= 0.6 is 0 Å². The van der Waals surface area contributed by atoms with E-state index in [1.807, 2.05) is 12.1 Å². The first-order valence-electron chi connectivity index (χ1n) is 10.3. The summed E-state index contributed by atoms with van der Waals surface area (Å²) >= 11 is 0. The molecule has 2 aromatic carbocycles. The van der Waals surface area contributed by atoms with Crippen molar-refractivity contribution in [3.8, 4) is 11.1 Å². The quantitative estimate of drug-likeness (QED) is 0.678. The van der Waals surface area contributed by atoms with E-state index in [2.05, 4.69) is 42.2 Å². The zero-order valence-corrected chi connectivity index (χ0v) is 17.0. The van der Waals surface area contributed by atoms with Crippen molar-refractivity contribution in [1.82, 2.24) is 9.88 Å². The predicted octanol–water partition coefficient (Wildman–Crippen LogP) is 4.57. The SMILES string of the molecule is CCc1ccccc1-c1ccc([C@@H]2CCN(C(=O)c3ccc(F)cn3)C2)c(CO)c1. The van der Waals surface area contributed by atoms with Crippen LogP contribution in [0.25, 0.3) is 11.1 Å². The van der Waals surface area contributed by atoms with E-state index in [4.69, 9.17) is 0 Å². The van der Waals surface area contributed by atoms with Gasteiger partial charge in [0.2, 0.25) is 0 Å². The molecular formula is C25H25FN2O2. The molecule has 0 radical (unpaired) electrons.